The number of rotatable bonds is 4. The van der Waals surface area contributed by atoms with Crippen molar-refractivity contribution in [1.82, 2.24) is 0 Å². The number of ether oxygens (including phenoxy) is 2. The summed E-state index contributed by atoms with van der Waals surface area (Å²) in [4.78, 5) is 11.3. The lowest BCUT2D eigenvalue weighted by Gasteiger charge is -2.22. The molecule has 0 radical (unpaired) electrons. The van der Waals surface area contributed by atoms with Crippen LogP contribution in [-0.2, 0) is 26.2 Å². The molecule has 1 fully saturated rings. The highest BCUT2D eigenvalue weighted by Gasteiger charge is 2.32. The van der Waals surface area contributed by atoms with E-state index in [-0.39, 0.29) is 11.5 Å². The molecule has 0 spiro atoms. The average molecular weight is 249 g/mol. The molecular formula is C14H19NO3. The molecule has 0 bridgehead atoms. The number of carbonyl (C=O) groups is 1. The van der Waals surface area contributed by atoms with Crippen LogP contribution in [0.15, 0.2) is 24.3 Å². The molecule has 1 heterocycles. The van der Waals surface area contributed by atoms with Crippen LogP contribution in [0.5, 0.6) is 0 Å². The SMILES string of the molecule is CCOC(=O)Cc1ccc(C2(N)CCOC2)cc1. The maximum absolute atomic E-state index is 11.3. The summed E-state index contributed by atoms with van der Waals surface area (Å²) < 4.78 is 10.3. The monoisotopic (exact) mass is 249 g/mol. The standard InChI is InChI=1S/C14H19NO3/c1-2-18-13(16)9-11-3-5-12(6-4-11)14(15)7-8-17-10-14/h3-6H,2,7-10,15H2,1H3. The molecule has 4 nitrogen and oxygen atoms in total. The third-order valence-electron chi connectivity index (χ3n) is 3.23. The second-order valence-electron chi connectivity index (χ2n) is 4.64. The summed E-state index contributed by atoms with van der Waals surface area (Å²) in [6, 6.07) is 7.81. The van der Waals surface area contributed by atoms with Crippen LogP contribution in [-0.4, -0.2) is 25.8 Å². The van der Waals surface area contributed by atoms with Crippen molar-refractivity contribution in [2.75, 3.05) is 19.8 Å². The molecule has 0 saturated carbocycles. The van der Waals surface area contributed by atoms with Crippen molar-refractivity contribution in [1.29, 1.82) is 0 Å². The highest BCUT2D eigenvalue weighted by Crippen LogP contribution is 2.27. The van der Waals surface area contributed by atoms with E-state index in [0.29, 0.717) is 26.2 Å². The van der Waals surface area contributed by atoms with Gasteiger partial charge in [-0.05, 0) is 24.5 Å². The Morgan fingerprint density at radius 2 is 2.17 bits per heavy atom. The first kappa shape index (κ1) is 13.1. The van der Waals surface area contributed by atoms with Crippen molar-refractivity contribution in [2.24, 2.45) is 5.73 Å². The van der Waals surface area contributed by atoms with Crippen molar-refractivity contribution in [3.8, 4) is 0 Å². The molecule has 1 aromatic rings. The van der Waals surface area contributed by atoms with Crippen molar-refractivity contribution in [2.45, 2.75) is 25.3 Å². The fraction of sp³-hybridized carbons (Fsp3) is 0.500. The van der Waals surface area contributed by atoms with Gasteiger partial charge in [0.1, 0.15) is 0 Å². The number of hydrogen-bond donors (Lipinski definition) is 1. The topological polar surface area (TPSA) is 61.5 Å². The van der Waals surface area contributed by atoms with Crippen LogP contribution >= 0.6 is 0 Å². The normalized spacial score (nSPS) is 23.0. The zero-order valence-electron chi connectivity index (χ0n) is 10.6. The molecule has 4 heteroatoms. The molecule has 1 atom stereocenters. The number of nitrogens with two attached hydrogens (primary N) is 1. The highest BCUT2D eigenvalue weighted by molar-refractivity contribution is 5.72. The molecule has 2 rings (SSSR count). The molecular weight excluding hydrogens is 230 g/mol. The number of carbonyl (C=O) groups excluding carboxylic acids is 1. The van der Waals surface area contributed by atoms with E-state index in [0.717, 1.165) is 17.5 Å². The van der Waals surface area contributed by atoms with Gasteiger partial charge < -0.3 is 15.2 Å². The van der Waals surface area contributed by atoms with E-state index in [1.165, 1.54) is 0 Å². The van der Waals surface area contributed by atoms with Crippen molar-refractivity contribution < 1.29 is 14.3 Å². The first-order valence-corrected chi connectivity index (χ1v) is 6.26. The maximum Gasteiger partial charge on any atom is 0.310 e. The van der Waals surface area contributed by atoms with E-state index in [1.54, 1.807) is 6.92 Å². The lowest BCUT2D eigenvalue weighted by molar-refractivity contribution is -0.142. The molecule has 18 heavy (non-hydrogen) atoms. The largest absolute Gasteiger partial charge is 0.466 e. The van der Waals surface area contributed by atoms with Crippen molar-refractivity contribution in [3.63, 3.8) is 0 Å². The van der Waals surface area contributed by atoms with Crippen LogP contribution < -0.4 is 5.73 Å². The van der Waals surface area contributed by atoms with E-state index >= 15 is 0 Å². The van der Waals surface area contributed by atoms with Gasteiger partial charge in [-0.25, -0.2) is 0 Å². The fourth-order valence-corrected chi connectivity index (χ4v) is 2.14. The van der Waals surface area contributed by atoms with E-state index < -0.39 is 0 Å². The lowest BCUT2D eigenvalue weighted by atomic mass is 9.89. The van der Waals surface area contributed by atoms with Crippen LogP contribution in [0.2, 0.25) is 0 Å². The minimum absolute atomic E-state index is 0.197. The molecule has 0 aliphatic carbocycles. The van der Waals surface area contributed by atoms with Crippen molar-refractivity contribution >= 4 is 5.97 Å². The second kappa shape index (κ2) is 5.50. The molecule has 98 valence electrons. The van der Waals surface area contributed by atoms with Gasteiger partial charge in [0.2, 0.25) is 0 Å². The number of hydrogen-bond acceptors (Lipinski definition) is 4. The zero-order valence-corrected chi connectivity index (χ0v) is 10.6. The summed E-state index contributed by atoms with van der Waals surface area (Å²) in [5.74, 6) is -0.197. The molecule has 1 unspecified atom stereocenters. The van der Waals surface area contributed by atoms with Crippen LogP contribution in [0, 0.1) is 0 Å². The molecule has 0 aromatic heterocycles. The number of esters is 1. The van der Waals surface area contributed by atoms with Gasteiger partial charge in [-0.3, -0.25) is 4.79 Å². The first-order chi connectivity index (χ1) is 8.64. The smallest absolute Gasteiger partial charge is 0.310 e. The molecule has 2 N–H and O–H groups in total. The second-order valence-corrected chi connectivity index (χ2v) is 4.64. The van der Waals surface area contributed by atoms with E-state index in [1.807, 2.05) is 24.3 Å². The van der Waals surface area contributed by atoms with Gasteiger partial charge in [-0.2, -0.15) is 0 Å². The summed E-state index contributed by atoms with van der Waals surface area (Å²) in [7, 11) is 0. The Balaban J connectivity index is 2.03. The third kappa shape index (κ3) is 2.89. The van der Waals surface area contributed by atoms with Gasteiger partial charge in [0.15, 0.2) is 0 Å². The molecule has 1 aliphatic heterocycles. The minimum atomic E-state index is -0.373. The van der Waals surface area contributed by atoms with E-state index in [9.17, 15) is 4.79 Å². The predicted molar refractivity (Wildman–Crippen MR) is 68.1 cm³/mol. The summed E-state index contributed by atoms with van der Waals surface area (Å²) in [5.41, 5.74) is 7.90. The van der Waals surface area contributed by atoms with Crippen LogP contribution in [0.25, 0.3) is 0 Å². The summed E-state index contributed by atoms with van der Waals surface area (Å²) >= 11 is 0. The Labute approximate surface area is 107 Å². The highest BCUT2D eigenvalue weighted by atomic mass is 16.5. The van der Waals surface area contributed by atoms with E-state index in [4.69, 9.17) is 15.2 Å². The Bertz CT molecular complexity index is 408. The average Bonchev–Trinajstić information content (AvgIpc) is 2.78. The summed E-state index contributed by atoms with van der Waals surface area (Å²) in [6.07, 6.45) is 1.15. The Morgan fingerprint density at radius 3 is 2.72 bits per heavy atom. The van der Waals surface area contributed by atoms with Gasteiger partial charge in [0, 0.05) is 6.61 Å². The third-order valence-corrected chi connectivity index (χ3v) is 3.23. The Hall–Kier alpha value is -1.39. The summed E-state index contributed by atoms with van der Waals surface area (Å²) in [5, 5.41) is 0. The van der Waals surface area contributed by atoms with Gasteiger partial charge >= 0.3 is 5.97 Å². The lowest BCUT2D eigenvalue weighted by Crippen LogP contribution is -2.36. The molecule has 0 amide bonds. The zero-order chi connectivity index (χ0) is 13.0. The Kier molecular flexibility index (Phi) is 3.99. The maximum atomic E-state index is 11.3. The van der Waals surface area contributed by atoms with Crippen LogP contribution in [0.4, 0.5) is 0 Å². The first-order valence-electron chi connectivity index (χ1n) is 6.26. The van der Waals surface area contributed by atoms with Gasteiger partial charge in [0.05, 0.1) is 25.2 Å². The quantitative estimate of drug-likeness (QED) is 0.819. The predicted octanol–water partition coefficient (Wildman–Crippen LogP) is 1.37. The minimum Gasteiger partial charge on any atom is -0.466 e. The van der Waals surface area contributed by atoms with Crippen LogP contribution in [0.1, 0.15) is 24.5 Å². The molecule has 1 aliphatic rings. The Morgan fingerprint density at radius 1 is 1.44 bits per heavy atom. The van der Waals surface area contributed by atoms with Crippen molar-refractivity contribution in [3.05, 3.63) is 35.4 Å². The molecule has 1 aromatic carbocycles. The van der Waals surface area contributed by atoms with Gasteiger partial charge in [-0.15, -0.1) is 0 Å². The number of benzene rings is 1. The molecule has 1 saturated heterocycles. The summed E-state index contributed by atoms with van der Waals surface area (Å²) in [6.45, 7) is 3.49. The van der Waals surface area contributed by atoms with E-state index in [2.05, 4.69) is 0 Å². The van der Waals surface area contributed by atoms with Gasteiger partial charge in [0.25, 0.3) is 0 Å². The van der Waals surface area contributed by atoms with Crippen LogP contribution in [0.3, 0.4) is 0 Å². The fourth-order valence-electron chi connectivity index (χ4n) is 2.14. The van der Waals surface area contributed by atoms with Gasteiger partial charge in [-0.1, -0.05) is 24.3 Å².